The Morgan fingerprint density at radius 3 is 1.35 bits per heavy atom. The zero-order chi connectivity index (χ0) is 44.7. The van der Waals surface area contributed by atoms with E-state index in [2.05, 4.69) is 0 Å². The Kier molecular flexibility index (Phi) is 19.0. The zero-order valence-corrected chi connectivity index (χ0v) is 36.8. The molecule has 0 aromatic heterocycles. The molecule has 0 saturated carbocycles. The lowest BCUT2D eigenvalue weighted by Crippen LogP contribution is -2.62. The summed E-state index contributed by atoms with van der Waals surface area (Å²) in [5, 5.41) is 0. The molecule has 0 bridgehead atoms. The van der Waals surface area contributed by atoms with E-state index in [0.717, 1.165) is 33.4 Å². The van der Waals surface area contributed by atoms with Crippen LogP contribution in [-0.4, -0.2) is 69.0 Å². The van der Waals surface area contributed by atoms with E-state index in [0.29, 0.717) is 6.61 Å². The maximum Gasteiger partial charge on any atom is 0.190 e. The summed E-state index contributed by atoms with van der Waals surface area (Å²) in [6, 6.07) is 59.1. The molecule has 1 heterocycles. The fourth-order valence-electron chi connectivity index (χ4n) is 7.43. The molecule has 338 valence electrons. The minimum Gasteiger partial charge on any atom is -0.505 e. The number of ether oxygens (including phenoxy) is 9. The maximum atomic E-state index is 14.7. The lowest BCUT2D eigenvalue weighted by molar-refractivity contribution is -0.327. The van der Waals surface area contributed by atoms with Gasteiger partial charge in [-0.1, -0.05) is 182 Å². The highest BCUT2D eigenvalue weighted by Gasteiger charge is 2.49. The van der Waals surface area contributed by atoms with Crippen LogP contribution < -0.4 is 0 Å². The van der Waals surface area contributed by atoms with E-state index in [-0.39, 0.29) is 45.4 Å². The van der Waals surface area contributed by atoms with Crippen molar-refractivity contribution in [2.75, 3.05) is 20.3 Å². The van der Waals surface area contributed by atoms with E-state index in [1.807, 2.05) is 182 Å². The van der Waals surface area contributed by atoms with Crippen molar-refractivity contribution in [3.05, 3.63) is 228 Å². The molecular formula is C55H58O10. The van der Waals surface area contributed by atoms with Crippen molar-refractivity contribution in [3.8, 4) is 0 Å². The van der Waals surface area contributed by atoms with Crippen molar-refractivity contribution >= 4 is 5.78 Å². The van der Waals surface area contributed by atoms with E-state index in [4.69, 9.17) is 42.6 Å². The number of methoxy groups -OCH3 is 1. The number of carbonyl (C=O) groups excluding carboxylic acids is 1. The van der Waals surface area contributed by atoms with Gasteiger partial charge in [0.15, 0.2) is 12.1 Å². The Balaban J connectivity index is 1.19. The summed E-state index contributed by atoms with van der Waals surface area (Å²) in [4.78, 5) is 14.7. The molecule has 1 aliphatic rings. The molecule has 65 heavy (non-hydrogen) atoms. The molecule has 0 amide bonds. The highest BCUT2D eigenvalue weighted by molar-refractivity contribution is 5.85. The van der Waals surface area contributed by atoms with Crippen LogP contribution in [0.2, 0.25) is 0 Å². The summed E-state index contributed by atoms with van der Waals surface area (Å²) in [5.41, 5.74) is 5.74. The largest absolute Gasteiger partial charge is 0.505 e. The van der Waals surface area contributed by atoms with E-state index < -0.39 is 49.5 Å². The smallest absolute Gasteiger partial charge is 0.190 e. The fraction of sp³-hybridized carbons (Fsp3) is 0.291. The number of benzene rings is 6. The average Bonchev–Trinajstić information content (AvgIpc) is 3.36. The van der Waals surface area contributed by atoms with Crippen molar-refractivity contribution in [2.24, 2.45) is 0 Å². The molecular weight excluding hydrogens is 821 g/mol. The minimum atomic E-state index is -1.10. The van der Waals surface area contributed by atoms with Gasteiger partial charge in [0, 0.05) is 0 Å². The van der Waals surface area contributed by atoms with Crippen LogP contribution in [0.1, 0.15) is 33.4 Å². The van der Waals surface area contributed by atoms with Crippen molar-refractivity contribution < 1.29 is 47.4 Å². The summed E-state index contributed by atoms with van der Waals surface area (Å²) in [5.74, 6) is -0.369. The van der Waals surface area contributed by atoms with Gasteiger partial charge in [-0.05, 0) is 39.5 Å². The highest BCUT2D eigenvalue weighted by atomic mass is 16.7. The lowest BCUT2D eigenvalue weighted by atomic mass is 9.97. The van der Waals surface area contributed by atoms with Gasteiger partial charge in [0.25, 0.3) is 0 Å². The molecule has 10 nitrogen and oxygen atoms in total. The standard InChI is InChI=1S/C55H58O10/c1-57-33-32-49(59-35-43-22-10-3-11-23-43)51(60-36-44-24-12-4-13-25-44)48(56)40-64-55-54(63-39-47-30-18-7-19-31-47)53(62-38-46-28-16-6-17-29-46)52(61-37-45-26-14-5-15-27-45)50(65-55)41-58-34-42-20-8-2-9-21-42/h2-33,49-55H,34-41H2,1H3/b33-32+/t49-,50-,51-,52-,53+,54-,55-/m1/s1. The molecule has 0 radical (unpaired) electrons. The molecule has 1 aliphatic heterocycles. The average molecular weight is 879 g/mol. The minimum absolute atomic E-state index is 0.138. The summed E-state index contributed by atoms with van der Waals surface area (Å²) < 4.78 is 58.4. The van der Waals surface area contributed by atoms with Gasteiger partial charge < -0.3 is 42.6 Å². The number of carbonyl (C=O) groups is 1. The fourth-order valence-corrected chi connectivity index (χ4v) is 7.43. The molecule has 6 aromatic carbocycles. The first-order chi connectivity index (χ1) is 32.1. The molecule has 6 aromatic rings. The molecule has 1 fully saturated rings. The van der Waals surface area contributed by atoms with E-state index in [9.17, 15) is 4.79 Å². The Labute approximate surface area is 382 Å². The van der Waals surface area contributed by atoms with Crippen LogP contribution in [-0.2, 0) is 87.1 Å². The van der Waals surface area contributed by atoms with Gasteiger partial charge in [-0.2, -0.15) is 0 Å². The predicted octanol–water partition coefficient (Wildman–Crippen LogP) is 9.60. The second-order valence-corrected chi connectivity index (χ2v) is 15.6. The third-order valence-corrected chi connectivity index (χ3v) is 10.8. The van der Waals surface area contributed by atoms with Gasteiger partial charge in [0.1, 0.15) is 43.2 Å². The summed E-state index contributed by atoms with van der Waals surface area (Å²) in [7, 11) is 1.54. The van der Waals surface area contributed by atoms with Gasteiger partial charge in [-0.15, -0.1) is 0 Å². The van der Waals surface area contributed by atoms with Crippen molar-refractivity contribution in [3.63, 3.8) is 0 Å². The summed E-state index contributed by atoms with van der Waals surface area (Å²) in [6.07, 6.45) is -2.82. The SMILES string of the molecule is CO/C=C/[C@@H](OCc1ccccc1)[C@H](OCc1ccccc1)C(=O)CO[C@@H]1O[C@H](COCc2ccccc2)[C@@H](OCc2ccccc2)[C@H](OCc2ccccc2)[C@H]1OCc1ccccc1. The first kappa shape index (κ1) is 47.2. The van der Waals surface area contributed by atoms with Crippen LogP contribution in [0.3, 0.4) is 0 Å². The molecule has 0 unspecified atom stereocenters. The third-order valence-electron chi connectivity index (χ3n) is 10.8. The number of rotatable bonds is 26. The Hall–Kier alpha value is -5.79. The van der Waals surface area contributed by atoms with Gasteiger partial charge in [-0.3, -0.25) is 4.79 Å². The second kappa shape index (κ2) is 26.2. The van der Waals surface area contributed by atoms with Gasteiger partial charge in [0.2, 0.25) is 0 Å². The van der Waals surface area contributed by atoms with Gasteiger partial charge >= 0.3 is 0 Å². The first-order valence-electron chi connectivity index (χ1n) is 22.0. The van der Waals surface area contributed by atoms with Crippen molar-refractivity contribution in [2.45, 2.75) is 82.6 Å². The van der Waals surface area contributed by atoms with Gasteiger partial charge in [-0.25, -0.2) is 0 Å². The highest BCUT2D eigenvalue weighted by Crippen LogP contribution is 2.32. The maximum absolute atomic E-state index is 14.7. The second-order valence-electron chi connectivity index (χ2n) is 15.6. The number of ketones is 1. The Morgan fingerprint density at radius 2 is 0.892 bits per heavy atom. The summed E-state index contributed by atoms with van der Waals surface area (Å²) >= 11 is 0. The summed E-state index contributed by atoms with van der Waals surface area (Å²) in [6.45, 7) is 1.22. The molecule has 10 heteroatoms. The topological polar surface area (TPSA) is 100 Å². The Morgan fingerprint density at radius 1 is 0.492 bits per heavy atom. The third kappa shape index (κ3) is 15.1. The van der Waals surface area contributed by atoms with E-state index in [1.54, 1.807) is 13.2 Å². The number of hydrogen-bond donors (Lipinski definition) is 0. The number of Topliss-reactive ketones (excluding diaryl/α,β-unsaturated/α-hetero) is 1. The molecule has 0 N–H and O–H groups in total. The van der Waals surface area contributed by atoms with Crippen LogP contribution in [0.5, 0.6) is 0 Å². The molecule has 7 atom stereocenters. The van der Waals surface area contributed by atoms with Crippen LogP contribution >= 0.6 is 0 Å². The van der Waals surface area contributed by atoms with Crippen LogP contribution in [0.4, 0.5) is 0 Å². The van der Waals surface area contributed by atoms with E-state index in [1.165, 1.54) is 6.26 Å². The Bertz CT molecular complexity index is 2230. The normalized spacial score (nSPS) is 19.4. The molecule has 0 spiro atoms. The van der Waals surface area contributed by atoms with Crippen molar-refractivity contribution in [1.29, 1.82) is 0 Å². The number of hydrogen-bond acceptors (Lipinski definition) is 10. The quantitative estimate of drug-likeness (QED) is 0.0490. The zero-order valence-electron chi connectivity index (χ0n) is 36.8. The molecule has 1 saturated heterocycles. The lowest BCUT2D eigenvalue weighted by Gasteiger charge is -2.46. The monoisotopic (exact) mass is 878 g/mol. The van der Waals surface area contributed by atoms with Crippen LogP contribution in [0.25, 0.3) is 0 Å². The van der Waals surface area contributed by atoms with Gasteiger partial charge in [0.05, 0.1) is 59.6 Å². The van der Waals surface area contributed by atoms with Crippen molar-refractivity contribution in [1.82, 2.24) is 0 Å². The predicted molar refractivity (Wildman–Crippen MR) is 247 cm³/mol. The van der Waals surface area contributed by atoms with Crippen LogP contribution in [0.15, 0.2) is 194 Å². The first-order valence-corrected chi connectivity index (χ1v) is 22.0. The van der Waals surface area contributed by atoms with E-state index >= 15 is 0 Å². The van der Waals surface area contributed by atoms with Crippen LogP contribution in [0, 0.1) is 0 Å². The molecule has 7 rings (SSSR count). The molecule has 0 aliphatic carbocycles.